The SMILES string of the molecule is C=Cc1cccc(-c2ccc(-c3ccc(-c4ccccc4)cc3)cc2)c1-c1c(C)cccc1/C(C)=N/C(=N\C(C)c1cccc(-c2ccccc2C)c1C)c1ccccc1. The molecule has 0 saturated carbocycles. The first-order valence-corrected chi connectivity index (χ1v) is 20.8. The molecular formula is C58H50N2. The summed E-state index contributed by atoms with van der Waals surface area (Å²) in [5.41, 5.74) is 20.7. The molecule has 0 amide bonds. The molecule has 1 unspecified atom stereocenters. The second-order valence-electron chi connectivity index (χ2n) is 15.5. The van der Waals surface area contributed by atoms with Gasteiger partial charge in [0.25, 0.3) is 0 Å². The number of rotatable bonds is 10. The second kappa shape index (κ2) is 17.8. The highest BCUT2D eigenvalue weighted by atomic mass is 14.9. The number of amidine groups is 1. The predicted octanol–water partition coefficient (Wildman–Crippen LogP) is 15.6. The number of benzene rings is 8. The summed E-state index contributed by atoms with van der Waals surface area (Å²) in [6.07, 6.45) is 1.97. The zero-order valence-electron chi connectivity index (χ0n) is 35.2. The normalized spacial score (nSPS) is 12.3. The van der Waals surface area contributed by atoms with Gasteiger partial charge in [-0.15, -0.1) is 0 Å². The molecule has 2 nitrogen and oxygen atoms in total. The topological polar surface area (TPSA) is 24.7 Å². The van der Waals surface area contributed by atoms with Gasteiger partial charge in [0.15, 0.2) is 5.84 Å². The van der Waals surface area contributed by atoms with Crippen molar-refractivity contribution in [2.75, 3.05) is 0 Å². The lowest BCUT2D eigenvalue weighted by Gasteiger charge is -2.20. The molecule has 0 fully saturated rings. The Morgan fingerprint density at radius 3 is 1.65 bits per heavy atom. The van der Waals surface area contributed by atoms with E-state index < -0.39 is 0 Å². The molecule has 0 aliphatic carbocycles. The number of hydrogen-bond acceptors (Lipinski definition) is 1. The van der Waals surface area contributed by atoms with Crippen molar-refractivity contribution < 1.29 is 0 Å². The molecule has 0 radical (unpaired) electrons. The molecule has 0 aromatic heterocycles. The van der Waals surface area contributed by atoms with Crippen LogP contribution in [-0.4, -0.2) is 11.5 Å². The average Bonchev–Trinajstić information content (AvgIpc) is 3.29. The number of aryl methyl sites for hydroxylation is 2. The quantitative estimate of drug-likeness (QED) is 0.0977. The summed E-state index contributed by atoms with van der Waals surface area (Å²) in [4.78, 5) is 10.8. The highest BCUT2D eigenvalue weighted by Gasteiger charge is 2.20. The van der Waals surface area contributed by atoms with Crippen LogP contribution in [0.1, 0.15) is 58.8 Å². The van der Waals surface area contributed by atoms with Gasteiger partial charge in [-0.1, -0.05) is 201 Å². The van der Waals surface area contributed by atoms with Crippen molar-refractivity contribution in [3.05, 3.63) is 234 Å². The van der Waals surface area contributed by atoms with E-state index >= 15 is 0 Å². The lowest BCUT2D eigenvalue weighted by molar-refractivity contribution is 0.811. The van der Waals surface area contributed by atoms with Crippen LogP contribution in [0.3, 0.4) is 0 Å². The fraction of sp³-hybridized carbons (Fsp3) is 0.103. The van der Waals surface area contributed by atoms with E-state index in [2.05, 4.69) is 223 Å². The maximum absolute atomic E-state index is 5.40. The summed E-state index contributed by atoms with van der Waals surface area (Å²) in [6, 6.07) is 66.7. The molecule has 8 rings (SSSR count). The van der Waals surface area contributed by atoms with Crippen LogP contribution in [0.5, 0.6) is 0 Å². The van der Waals surface area contributed by atoms with Crippen molar-refractivity contribution in [2.45, 2.75) is 40.7 Å². The van der Waals surface area contributed by atoms with E-state index in [1.165, 1.54) is 55.6 Å². The predicted molar refractivity (Wildman–Crippen MR) is 258 cm³/mol. The Morgan fingerprint density at radius 1 is 0.483 bits per heavy atom. The molecule has 0 N–H and O–H groups in total. The molecule has 8 aromatic carbocycles. The Bertz CT molecular complexity index is 2840. The molecule has 0 bridgehead atoms. The monoisotopic (exact) mass is 774 g/mol. The third-order valence-corrected chi connectivity index (χ3v) is 11.6. The second-order valence-corrected chi connectivity index (χ2v) is 15.5. The molecule has 60 heavy (non-hydrogen) atoms. The van der Waals surface area contributed by atoms with E-state index in [1.807, 2.05) is 12.1 Å². The minimum atomic E-state index is -0.129. The van der Waals surface area contributed by atoms with Crippen LogP contribution in [-0.2, 0) is 0 Å². The molecule has 0 saturated heterocycles. The van der Waals surface area contributed by atoms with Crippen LogP contribution in [0.2, 0.25) is 0 Å². The number of hydrogen-bond donors (Lipinski definition) is 0. The Hall–Kier alpha value is -7.16. The van der Waals surface area contributed by atoms with E-state index in [1.54, 1.807) is 0 Å². The maximum atomic E-state index is 5.40. The molecular weight excluding hydrogens is 725 g/mol. The first kappa shape index (κ1) is 39.7. The molecule has 0 aliphatic rings. The Labute approximate surface area is 356 Å². The fourth-order valence-corrected chi connectivity index (χ4v) is 8.39. The molecule has 2 heteroatoms. The van der Waals surface area contributed by atoms with Crippen LogP contribution < -0.4 is 0 Å². The molecule has 8 aromatic rings. The van der Waals surface area contributed by atoms with Crippen LogP contribution in [0, 0.1) is 20.8 Å². The summed E-state index contributed by atoms with van der Waals surface area (Å²) in [5.74, 6) is 0.707. The van der Waals surface area contributed by atoms with Crippen molar-refractivity contribution >= 4 is 17.6 Å². The number of nitrogens with zero attached hydrogens (tertiary/aromatic N) is 2. The smallest absolute Gasteiger partial charge is 0.155 e. The lowest BCUT2D eigenvalue weighted by atomic mass is 9.84. The van der Waals surface area contributed by atoms with Crippen molar-refractivity contribution in [3.8, 4) is 55.6 Å². The van der Waals surface area contributed by atoms with Gasteiger partial charge in [-0.2, -0.15) is 0 Å². The van der Waals surface area contributed by atoms with Crippen LogP contribution in [0.25, 0.3) is 61.7 Å². The summed E-state index contributed by atoms with van der Waals surface area (Å²) in [5, 5.41) is 0. The highest BCUT2D eigenvalue weighted by Crippen LogP contribution is 2.40. The Kier molecular flexibility index (Phi) is 11.7. The van der Waals surface area contributed by atoms with E-state index in [0.717, 1.165) is 44.7 Å². The van der Waals surface area contributed by atoms with Gasteiger partial charge in [0, 0.05) is 16.8 Å². The molecule has 0 heterocycles. The van der Waals surface area contributed by atoms with E-state index in [9.17, 15) is 0 Å². The van der Waals surface area contributed by atoms with Gasteiger partial charge < -0.3 is 0 Å². The molecule has 0 spiro atoms. The van der Waals surface area contributed by atoms with Gasteiger partial charge >= 0.3 is 0 Å². The van der Waals surface area contributed by atoms with E-state index in [-0.39, 0.29) is 6.04 Å². The van der Waals surface area contributed by atoms with Gasteiger partial charge in [-0.3, -0.25) is 4.99 Å². The first-order chi connectivity index (χ1) is 29.3. The van der Waals surface area contributed by atoms with Crippen molar-refractivity contribution in [1.82, 2.24) is 0 Å². The fourth-order valence-electron chi connectivity index (χ4n) is 8.39. The standard InChI is InChI=1S/C58H50N2/c1-7-44-25-17-30-55(49-37-35-48(36-38-49)47-33-31-46(32-34-47)45-21-10-8-11-22-45)57(44)56-40(3)20-16-29-54(56)43(6)60-58(50-23-12-9-13-24-50)59-42(5)52-27-18-28-53(41(52)4)51-26-15-14-19-39(51)2/h7-38,42H,1H2,2-6H3/b59-58-,60-43+. The van der Waals surface area contributed by atoms with Gasteiger partial charge in [-0.05, 0) is 118 Å². The molecule has 0 aliphatic heterocycles. The average molecular weight is 775 g/mol. The van der Waals surface area contributed by atoms with Crippen LogP contribution in [0.15, 0.2) is 205 Å². The summed E-state index contributed by atoms with van der Waals surface area (Å²) in [7, 11) is 0. The number of aliphatic imine (C=N–C) groups is 2. The Balaban J connectivity index is 1.18. The maximum Gasteiger partial charge on any atom is 0.155 e. The van der Waals surface area contributed by atoms with E-state index in [4.69, 9.17) is 9.98 Å². The molecule has 1 atom stereocenters. The van der Waals surface area contributed by atoms with Crippen LogP contribution in [0.4, 0.5) is 0 Å². The minimum Gasteiger partial charge on any atom is -0.258 e. The molecule has 292 valence electrons. The van der Waals surface area contributed by atoms with Crippen molar-refractivity contribution in [2.24, 2.45) is 9.98 Å². The van der Waals surface area contributed by atoms with E-state index in [0.29, 0.717) is 5.84 Å². The summed E-state index contributed by atoms with van der Waals surface area (Å²) < 4.78 is 0. The van der Waals surface area contributed by atoms with Gasteiger partial charge in [0.2, 0.25) is 0 Å². The third-order valence-electron chi connectivity index (χ3n) is 11.6. The van der Waals surface area contributed by atoms with Gasteiger partial charge in [0.1, 0.15) is 0 Å². The first-order valence-electron chi connectivity index (χ1n) is 20.8. The highest BCUT2D eigenvalue weighted by molar-refractivity contribution is 6.15. The van der Waals surface area contributed by atoms with Gasteiger partial charge in [-0.25, -0.2) is 4.99 Å². The summed E-state index contributed by atoms with van der Waals surface area (Å²) in [6.45, 7) is 15.1. The van der Waals surface area contributed by atoms with Crippen LogP contribution >= 0.6 is 0 Å². The lowest BCUT2D eigenvalue weighted by Crippen LogP contribution is -2.08. The minimum absolute atomic E-state index is 0.129. The Morgan fingerprint density at radius 2 is 1.00 bits per heavy atom. The zero-order valence-corrected chi connectivity index (χ0v) is 35.2. The van der Waals surface area contributed by atoms with Crippen molar-refractivity contribution in [3.63, 3.8) is 0 Å². The largest absolute Gasteiger partial charge is 0.258 e. The third kappa shape index (κ3) is 8.23. The van der Waals surface area contributed by atoms with Crippen molar-refractivity contribution in [1.29, 1.82) is 0 Å². The zero-order chi connectivity index (χ0) is 41.6. The summed E-state index contributed by atoms with van der Waals surface area (Å²) >= 11 is 0. The van der Waals surface area contributed by atoms with Gasteiger partial charge in [0.05, 0.1) is 6.04 Å².